The van der Waals surface area contributed by atoms with Crippen LogP contribution in [-0.2, 0) is 13.0 Å². The molecule has 0 bridgehead atoms. The molecule has 1 heterocycles. The van der Waals surface area contributed by atoms with E-state index in [1.54, 1.807) is 0 Å². The van der Waals surface area contributed by atoms with E-state index in [1.165, 1.54) is 6.07 Å². The molecule has 7 nitrogen and oxygen atoms in total. The Morgan fingerprint density at radius 2 is 1.86 bits per heavy atom. The fraction of sp³-hybridized carbons (Fsp3) is 0.214. The van der Waals surface area contributed by atoms with Crippen LogP contribution in [0.3, 0.4) is 0 Å². The largest absolute Gasteiger partial charge is 0.433 e. The lowest BCUT2D eigenvalue weighted by molar-refractivity contribution is -0.402. The van der Waals surface area contributed by atoms with Crippen molar-refractivity contribution in [2.24, 2.45) is 5.73 Å². The second-order valence-electron chi connectivity index (χ2n) is 4.43. The number of carbonyl (C=O) groups excluding carboxylic acids is 1. The first kappa shape index (κ1) is 14.7. The summed E-state index contributed by atoms with van der Waals surface area (Å²) >= 11 is 0. The van der Waals surface area contributed by atoms with Crippen LogP contribution >= 0.6 is 0 Å². The van der Waals surface area contributed by atoms with E-state index in [0.717, 1.165) is 23.6 Å². The zero-order valence-electron chi connectivity index (χ0n) is 11.2. The summed E-state index contributed by atoms with van der Waals surface area (Å²) in [5.41, 5.74) is 7.52. The number of rotatable bonds is 6. The standard InChI is InChI=1S/C14H15N3O4/c15-8-7-10-1-3-11(4-2-10)9-16-14(18)12-5-6-13(21-12)17(19)20/h1-6H,7-9,15H2,(H,16,18). The van der Waals surface area contributed by atoms with Gasteiger partial charge in [-0.05, 0) is 30.2 Å². The fourth-order valence-corrected chi connectivity index (χ4v) is 1.81. The van der Waals surface area contributed by atoms with Gasteiger partial charge in [-0.1, -0.05) is 24.3 Å². The van der Waals surface area contributed by atoms with Crippen molar-refractivity contribution in [2.75, 3.05) is 6.54 Å². The SMILES string of the molecule is NCCc1ccc(CNC(=O)c2ccc([N+](=O)[O-])o2)cc1. The molecule has 0 aliphatic carbocycles. The summed E-state index contributed by atoms with van der Waals surface area (Å²) in [5, 5.41) is 13.1. The van der Waals surface area contributed by atoms with Crippen LogP contribution in [0.4, 0.5) is 5.88 Å². The van der Waals surface area contributed by atoms with Crippen molar-refractivity contribution in [1.29, 1.82) is 0 Å². The lowest BCUT2D eigenvalue weighted by Crippen LogP contribution is -2.22. The molecule has 0 atom stereocenters. The van der Waals surface area contributed by atoms with Crippen molar-refractivity contribution in [3.63, 3.8) is 0 Å². The number of amides is 1. The first-order valence-electron chi connectivity index (χ1n) is 6.40. The molecular formula is C14H15N3O4. The molecule has 0 fully saturated rings. The van der Waals surface area contributed by atoms with Gasteiger partial charge in [0.1, 0.15) is 4.92 Å². The number of hydrogen-bond acceptors (Lipinski definition) is 5. The molecule has 0 saturated heterocycles. The smallest absolute Gasteiger partial charge is 0.395 e. The fourth-order valence-electron chi connectivity index (χ4n) is 1.81. The average Bonchev–Trinajstić information content (AvgIpc) is 2.97. The van der Waals surface area contributed by atoms with E-state index in [2.05, 4.69) is 5.32 Å². The summed E-state index contributed by atoms with van der Waals surface area (Å²) < 4.78 is 4.82. The number of furan rings is 1. The highest BCUT2D eigenvalue weighted by Crippen LogP contribution is 2.15. The minimum absolute atomic E-state index is 0.0820. The maximum atomic E-state index is 11.8. The van der Waals surface area contributed by atoms with Crippen molar-refractivity contribution in [2.45, 2.75) is 13.0 Å². The Morgan fingerprint density at radius 3 is 2.43 bits per heavy atom. The van der Waals surface area contributed by atoms with Gasteiger partial charge in [0.15, 0.2) is 5.76 Å². The Hall–Kier alpha value is -2.67. The van der Waals surface area contributed by atoms with Gasteiger partial charge in [-0.25, -0.2) is 0 Å². The molecule has 2 aromatic rings. The van der Waals surface area contributed by atoms with Gasteiger partial charge < -0.3 is 15.5 Å². The van der Waals surface area contributed by atoms with Crippen molar-refractivity contribution >= 4 is 11.8 Å². The topological polar surface area (TPSA) is 111 Å². The second-order valence-corrected chi connectivity index (χ2v) is 4.43. The summed E-state index contributed by atoms with van der Waals surface area (Å²) in [6, 6.07) is 10.1. The van der Waals surface area contributed by atoms with Crippen molar-refractivity contribution in [3.8, 4) is 0 Å². The molecule has 0 aliphatic rings. The van der Waals surface area contributed by atoms with Gasteiger partial charge in [-0.2, -0.15) is 0 Å². The predicted molar refractivity (Wildman–Crippen MR) is 75.7 cm³/mol. The zero-order valence-corrected chi connectivity index (χ0v) is 11.2. The van der Waals surface area contributed by atoms with Crippen LogP contribution in [-0.4, -0.2) is 17.4 Å². The summed E-state index contributed by atoms with van der Waals surface area (Å²) in [6.45, 7) is 0.906. The van der Waals surface area contributed by atoms with Gasteiger partial charge in [-0.3, -0.25) is 14.9 Å². The highest BCUT2D eigenvalue weighted by Gasteiger charge is 2.16. The Morgan fingerprint density at radius 1 is 1.19 bits per heavy atom. The normalized spacial score (nSPS) is 10.3. The molecular weight excluding hydrogens is 274 g/mol. The molecule has 7 heteroatoms. The molecule has 0 aliphatic heterocycles. The number of nitrogens with zero attached hydrogens (tertiary/aromatic N) is 1. The monoisotopic (exact) mass is 289 g/mol. The van der Waals surface area contributed by atoms with E-state index in [0.29, 0.717) is 13.1 Å². The van der Waals surface area contributed by atoms with Gasteiger partial charge in [0.2, 0.25) is 0 Å². The third kappa shape index (κ3) is 3.90. The summed E-state index contributed by atoms with van der Waals surface area (Å²) in [5.74, 6) is -1.03. The lowest BCUT2D eigenvalue weighted by Gasteiger charge is -2.04. The molecule has 1 aromatic heterocycles. The van der Waals surface area contributed by atoms with E-state index >= 15 is 0 Å². The maximum absolute atomic E-state index is 11.8. The lowest BCUT2D eigenvalue weighted by atomic mass is 10.1. The van der Waals surface area contributed by atoms with Crippen LogP contribution in [0.1, 0.15) is 21.7 Å². The Balaban J connectivity index is 1.92. The van der Waals surface area contributed by atoms with Crippen molar-refractivity contribution < 1.29 is 14.1 Å². The minimum Gasteiger partial charge on any atom is -0.395 e. The molecule has 0 radical (unpaired) electrons. The van der Waals surface area contributed by atoms with Crippen LogP contribution in [0, 0.1) is 10.1 Å². The van der Waals surface area contributed by atoms with Crippen LogP contribution < -0.4 is 11.1 Å². The van der Waals surface area contributed by atoms with E-state index in [9.17, 15) is 14.9 Å². The average molecular weight is 289 g/mol. The highest BCUT2D eigenvalue weighted by molar-refractivity contribution is 5.91. The minimum atomic E-state index is -0.688. The third-order valence-corrected chi connectivity index (χ3v) is 2.90. The molecule has 21 heavy (non-hydrogen) atoms. The first-order valence-corrected chi connectivity index (χ1v) is 6.40. The third-order valence-electron chi connectivity index (χ3n) is 2.90. The van der Waals surface area contributed by atoms with Gasteiger partial charge in [0.25, 0.3) is 5.91 Å². The predicted octanol–water partition coefficient (Wildman–Crippen LogP) is 1.62. The summed E-state index contributed by atoms with van der Waals surface area (Å²) in [6.07, 6.45) is 0.808. The van der Waals surface area contributed by atoms with Crippen LogP contribution in [0.25, 0.3) is 0 Å². The van der Waals surface area contributed by atoms with Gasteiger partial charge in [0.05, 0.1) is 6.07 Å². The quantitative estimate of drug-likeness (QED) is 0.620. The number of nitro groups is 1. The zero-order chi connectivity index (χ0) is 15.2. The molecule has 0 saturated carbocycles. The Bertz CT molecular complexity index is 634. The number of carbonyl (C=O) groups is 1. The van der Waals surface area contributed by atoms with E-state index in [-0.39, 0.29) is 5.76 Å². The van der Waals surface area contributed by atoms with Crippen molar-refractivity contribution in [1.82, 2.24) is 5.32 Å². The molecule has 1 aromatic carbocycles. The molecule has 2 rings (SSSR count). The first-order chi connectivity index (χ1) is 10.1. The number of nitrogens with two attached hydrogens (primary N) is 1. The maximum Gasteiger partial charge on any atom is 0.433 e. The second kappa shape index (κ2) is 6.67. The summed E-state index contributed by atoms with van der Waals surface area (Å²) in [7, 11) is 0. The number of benzene rings is 1. The van der Waals surface area contributed by atoms with Crippen LogP contribution in [0.5, 0.6) is 0 Å². The molecule has 0 spiro atoms. The number of nitrogens with one attached hydrogen (secondary N) is 1. The van der Waals surface area contributed by atoms with Gasteiger partial charge in [-0.15, -0.1) is 0 Å². The highest BCUT2D eigenvalue weighted by atomic mass is 16.6. The Kier molecular flexibility index (Phi) is 4.68. The van der Waals surface area contributed by atoms with Gasteiger partial charge >= 0.3 is 5.88 Å². The molecule has 1 amide bonds. The molecule has 3 N–H and O–H groups in total. The van der Waals surface area contributed by atoms with Gasteiger partial charge in [0, 0.05) is 6.54 Å². The molecule has 0 unspecified atom stereocenters. The number of hydrogen-bond donors (Lipinski definition) is 2. The van der Waals surface area contributed by atoms with Crippen LogP contribution in [0.2, 0.25) is 0 Å². The molecule has 110 valence electrons. The van der Waals surface area contributed by atoms with E-state index in [4.69, 9.17) is 10.2 Å². The Labute approximate surface area is 120 Å². The van der Waals surface area contributed by atoms with E-state index < -0.39 is 16.7 Å². The van der Waals surface area contributed by atoms with Crippen molar-refractivity contribution in [3.05, 3.63) is 63.4 Å². The van der Waals surface area contributed by atoms with E-state index in [1.807, 2.05) is 24.3 Å². The summed E-state index contributed by atoms with van der Waals surface area (Å²) in [4.78, 5) is 21.6. The van der Waals surface area contributed by atoms with Crippen LogP contribution in [0.15, 0.2) is 40.8 Å².